The van der Waals surface area contributed by atoms with E-state index in [1.165, 1.54) is 5.69 Å². The summed E-state index contributed by atoms with van der Waals surface area (Å²) in [4.78, 5) is 0. The first-order chi connectivity index (χ1) is 7.31. The third-order valence-electron chi connectivity index (χ3n) is 3.02. The first-order valence-corrected chi connectivity index (χ1v) is 5.91. The van der Waals surface area contributed by atoms with Gasteiger partial charge in [-0.1, -0.05) is 19.1 Å². The zero-order chi connectivity index (χ0) is 12.3. The maximum absolute atomic E-state index is 3.98. The van der Waals surface area contributed by atoms with E-state index in [0.29, 0.717) is 11.8 Å². The summed E-state index contributed by atoms with van der Waals surface area (Å²) in [5.41, 5.74) is 1.38. The second kappa shape index (κ2) is 4.95. The lowest BCUT2D eigenvalue weighted by atomic mass is 9.92. The zero-order valence-electron chi connectivity index (χ0n) is 11.3. The molecule has 0 amide bonds. The van der Waals surface area contributed by atoms with Crippen LogP contribution in [0.1, 0.15) is 46.2 Å². The fourth-order valence-electron chi connectivity index (χ4n) is 1.65. The van der Waals surface area contributed by atoms with Crippen molar-refractivity contribution < 1.29 is 0 Å². The average molecular weight is 224 g/mol. The van der Waals surface area contributed by atoms with Gasteiger partial charge in [-0.2, -0.15) is 0 Å². The van der Waals surface area contributed by atoms with Gasteiger partial charge in [0.05, 0.1) is 11.9 Å². The SMILES string of the molecule is CC(CNC(C)(C)C)C(C)c1cnnn1C. The van der Waals surface area contributed by atoms with Gasteiger partial charge in [0, 0.05) is 18.5 Å². The molecule has 4 nitrogen and oxygen atoms in total. The molecule has 2 unspecified atom stereocenters. The number of hydrogen-bond donors (Lipinski definition) is 1. The van der Waals surface area contributed by atoms with Crippen molar-refractivity contribution in [2.24, 2.45) is 13.0 Å². The molecule has 0 aliphatic rings. The van der Waals surface area contributed by atoms with Crippen LogP contribution < -0.4 is 5.32 Å². The summed E-state index contributed by atoms with van der Waals surface area (Å²) >= 11 is 0. The average Bonchev–Trinajstić information content (AvgIpc) is 2.58. The number of aromatic nitrogens is 3. The van der Waals surface area contributed by atoms with E-state index < -0.39 is 0 Å². The van der Waals surface area contributed by atoms with Crippen molar-refractivity contribution in [3.05, 3.63) is 11.9 Å². The van der Waals surface area contributed by atoms with Crippen LogP contribution in [-0.2, 0) is 7.05 Å². The molecule has 0 saturated heterocycles. The fraction of sp³-hybridized carbons (Fsp3) is 0.833. The van der Waals surface area contributed by atoms with Gasteiger partial charge in [0.15, 0.2) is 0 Å². The summed E-state index contributed by atoms with van der Waals surface area (Å²) in [6, 6.07) is 0. The molecule has 1 aromatic heterocycles. The number of nitrogens with one attached hydrogen (secondary N) is 1. The van der Waals surface area contributed by atoms with E-state index in [1.54, 1.807) is 0 Å². The number of aryl methyl sites for hydroxylation is 1. The Labute approximate surface area is 98.4 Å². The van der Waals surface area contributed by atoms with Gasteiger partial charge in [-0.15, -0.1) is 5.10 Å². The highest BCUT2D eigenvalue weighted by Gasteiger charge is 2.19. The van der Waals surface area contributed by atoms with E-state index in [0.717, 1.165) is 6.54 Å². The largest absolute Gasteiger partial charge is 0.312 e. The summed E-state index contributed by atoms with van der Waals surface area (Å²) < 4.78 is 1.86. The smallest absolute Gasteiger partial charge is 0.0727 e. The van der Waals surface area contributed by atoms with Crippen LogP contribution in [0.2, 0.25) is 0 Å². The Hall–Kier alpha value is -0.900. The molecule has 0 spiro atoms. The normalized spacial score (nSPS) is 16.1. The summed E-state index contributed by atoms with van der Waals surface area (Å²) in [6.07, 6.45) is 1.86. The first-order valence-electron chi connectivity index (χ1n) is 5.91. The van der Waals surface area contributed by atoms with Crippen LogP contribution in [0.15, 0.2) is 6.20 Å². The maximum atomic E-state index is 3.98. The maximum Gasteiger partial charge on any atom is 0.0727 e. The van der Waals surface area contributed by atoms with Crippen molar-refractivity contribution in [2.75, 3.05) is 6.54 Å². The highest BCUT2D eigenvalue weighted by molar-refractivity contribution is 5.03. The van der Waals surface area contributed by atoms with Crippen LogP contribution in [-0.4, -0.2) is 27.1 Å². The number of nitrogens with zero attached hydrogens (tertiary/aromatic N) is 3. The van der Waals surface area contributed by atoms with Gasteiger partial charge in [-0.25, -0.2) is 0 Å². The molecule has 0 fully saturated rings. The van der Waals surface area contributed by atoms with Crippen LogP contribution in [0.4, 0.5) is 0 Å². The monoisotopic (exact) mass is 224 g/mol. The van der Waals surface area contributed by atoms with Gasteiger partial charge in [-0.3, -0.25) is 4.68 Å². The van der Waals surface area contributed by atoms with E-state index in [4.69, 9.17) is 0 Å². The Morgan fingerprint density at radius 1 is 1.38 bits per heavy atom. The van der Waals surface area contributed by atoms with Crippen LogP contribution in [0.5, 0.6) is 0 Å². The fourth-order valence-corrected chi connectivity index (χ4v) is 1.65. The van der Waals surface area contributed by atoms with Gasteiger partial charge in [0.1, 0.15) is 0 Å². The minimum atomic E-state index is 0.179. The lowest BCUT2D eigenvalue weighted by Gasteiger charge is -2.26. The highest BCUT2D eigenvalue weighted by atomic mass is 15.4. The van der Waals surface area contributed by atoms with Crippen molar-refractivity contribution in [3.63, 3.8) is 0 Å². The molecule has 1 N–H and O–H groups in total. The van der Waals surface area contributed by atoms with Gasteiger partial charge in [0.2, 0.25) is 0 Å². The molecule has 2 atom stereocenters. The van der Waals surface area contributed by atoms with Crippen molar-refractivity contribution >= 4 is 0 Å². The predicted octanol–water partition coefficient (Wildman–Crippen LogP) is 1.94. The van der Waals surface area contributed by atoms with Crippen molar-refractivity contribution in [2.45, 2.75) is 46.1 Å². The molecule has 1 aromatic rings. The molecule has 16 heavy (non-hydrogen) atoms. The summed E-state index contributed by atoms with van der Waals surface area (Å²) in [7, 11) is 1.95. The van der Waals surface area contributed by atoms with Gasteiger partial charge in [-0.05, 0) is 33.2 Å². The Balaban J connectivity index is 2.55. The predicted molar refractivity (Wildman–Crippen MR) is 66.3 cm³/mol. The molecule has 4 heteroatoms. The second-order valence-electron chi connectivity index (χ2n) is 5.68. The zero-order valence-corrected chi connectivity index (χ0v) is 11.3. The summed E-state index contributed by atoms with van der Waals surface area (Å²) in [6.45, 7) is 12.1. The summed E-state index contributed by atoms with van der Waals surface area (Å²) in [5, 5.41) is 11.4. The second-order valence-corrected chi connectivity index (χ2v) is 5.68. The van der Waals surface area contributed by atoms with Crippen LogP contribution in [0.3, 0.4) is 0 Å². The Kier molecular flexibility index (Phi) is 4.08. The molecule has 0 radical (unpaired) electrons. The van der Waals surface area contributed by atoms with Crippen molar-refractivity contribution in [1.82, 2.24) is 20.3 Å². The van der Waals surface area contributed by atoms with E-state index in [-0.39, 0.29) is 5.54 Å². The quantitative estimate of drug-likeness (QED) is 0.850. The minimum absolute atomic E-state index is 0.179. The van der Waals surface area contributed by atoms with Crippen LogP contribution in [0.25, 0.3) is 0 Å². The Morgan fingerprint density at radius 3 is 2.44 bits per heavy atom. The third-order valence-corrected chi connectivity index (χ3v) is 3.02. The highest BCUT2D eigenvalue weighted by Crippen LogP contribution is 2.22. The lowest BCUT2D eigenvalue weighted by molar-refractivity contribution is 0.353. The molecule has 92 valence electrons. The molecule has 0 aliphatic carbocycles. The van der Waals surface area contributed by atoms with E-state index >= 15 is 0 Å². The molecule has 0 bridgehead atoms. The van der Waals surface area contributed by atoms with Crippen LogP contribution >= 0.6 is 0 Å². The van der Waals surface area contributed by atoms with E-state index in [2.05, 4.69) is 50.2 Å². The van der Waals surface area contributed by atoms with Gasteiger partial charge < -0.3 is 5.32 Å². The van der Waals surface area contributed by atoms with Gasteiger partial charge in [0.25, 0.3) is 0 Å². The molecule has 0 aliphatic heterocycles. The Morgan fingerprint density at radius 2 is 2.00 bits per heavy atom. The molecule has 1 rings (SSSR count). The summed E-state index contributed by atoms with van der Waals surface area (Å²) in [5.74, 6) is 1.03. The molecule has 1 heterocycles. The van der Waals surface area contributed by atoms with Crippen LogP contribution in [0, 0.1) is 5.92 Å². The third kappa shape index (κ3) is 3.59. The minimum Gasteiger partial charge on any atom is -0.312 e. The molecular formula is C12H24N4. The number of rotatable bonds is 4. The van der Waals surface area contributed by atoms with Crippen molar-refractivity contribution in [1.29, 1.82) is 0 Å². The molecule has 0 aromatic carbocycles. The van der Waals surface area contributed by atoms with Gasteiger partial charge >= 0.3 is 0 Å². The Bertz CT molecular complexity index is 324. The molecular weight excluding hydrogens is 200 g/mol. The topological polar surface area (TPSA) is 42.7 Å². The standard InChI is InChI=1S/C12H24N4/c1-9(7-13-12(3,4)5)10(2)11-8-14-15-16(11)6/h8-10,13H,7H2,1-6H3. The number of hydrogen-bond acceptors (Lipinski definition) is 3. The lowest BCUT2D eigenvalue weighted by Crippen LogP contribution is -2.39. The van der Waals surface area contributed by atoms with E-state index in [1.807, 2.05) is 17.9 Å². The molecule has 0 saturated carbocycles. The first kappa shape index (κ1) is 13.2. The van der Waals surface area contributed by atoms with Crippen molar-refractivity contribution in [3.8, 4) is 0 Å². The van der Waals surface area contributed by atoms with E-state index in [9.17, 15) is 0 Å².